The molecular formula is C8H16N. The maximum absolute atomic E-state index is 3.76. The number of hydrogen-bond donors (Lipinski definition) is 1. The first-order valence-corrected chi connectivity index (χ1v) is 3.93. The Morgan fingerprint density at radius 1 is 1.33 bits per heavy atom. The Hall–Kier alpha value is -0.0400. The second-order valence-corrected chi connectivity index (χ2v) is 2.84. The van der Waals surface area contributed by atoms with Gasteiger partial charge in [-0.25, -0.2) is 0 Å². The van der Waals surface area contributed by atoms with Crippen molar-refractivity contribution in [1.29, 1.82) is 0 Å². The minimum atomic E-state index is 1.02. The Labute approximate surface area is 57.8 Å². The van der Waals surface area contributed by atoms with Crippen molar-refractivity contribution in [3.8, 4) is 0 Å². The molecule has 1 N–H and O–H groups in total. The SMILES string of the molecule is [CH2]CCNCCC1CC1. The molecule has 0 aromatic rings. The van der Waals surface area contributed by atoms with Gasteiger partial charge in [0.1, 0.15) is 0 Å². The van der Waals surface area contributed by atoms with Crippen molar-refractivity contribution in [3.63, 3.8) is 0 Å². The molecule has 0 saturated heterocycles. The molecule has 0 aromatic heterocycles. The molecule has 1 nitrogen and oxygen atoms in total. The zero-order valence-electron chi connectivity index (χ0n) is 6.03. The molecule has 9 heavy (non-hydrogen) atoms. The van der Waals surface area contributed by atoms with E-state index in [4.69, 9.17) is 0 Å². The highest BCUT2D eigenvalue weighted by Gasteiger charge is 2.19. The zero-order valence-corrected chi connectivity index (χ0v) is 6.03. The maximum atomic E-state index is 3.76. The van der Waals surface area contributed by atoms with Gasteiger partial charge in [-0.3, -0.25) is 0 Å². The predicted molar refractivity (Wildman–Crippen MR) is 40.2 cm³/mol. The highest BCUT2D eigenvalue weighted by Crippen LogP contribution is 2.31. The summed E-state index contributed by atoms with van der Waals surface area (Å²) >= 11 is 0. The van der Waals surface area contributed by atoms with Crippen LogP contribution in [0.4, 0.5) is 0 Å². The molecule has 1 fully saturated rings. The van der Waals surface area contributed by atoms with E-state index in [1.807, 2.05) is 0 Å². The van der Waals surface area contributed by atoms with E-state index in [-0.39, 0.29) is 0 Å². The monoisotopic (exact) mass is 126 g/mol. The first-order valence-electron chi connectivity index (χ1n) is 3.93. The van der Waals surface area contributed by atoms with Crippen molar-refractivity contribution in [1.82, 2.24) is 5.32 Å². The summed E-state index contributed by atoms with van der Waals surface area (Å²) in [5, 5.41) is 3.34. The average Bonchev–Trinajstić information content (AvgIpc) is 2.63. The van der Waals surface area contributed by atoms with Crippen LogP contribution in [0.1, 0.15) is 25.7 Å². The molecule has 0 bridgehead atoms. The molecule has 0 heterocycles. The lowest BCUT2D eigenvalue weighted by molar-refractivity contribution is 0.616. The van der Waals surface area contributed by atoms with Crippen molar-refractivity contribution in [2.75, 3.05) is 13.1 Å². The van der Waals surface area contributed by atoms with Crippen molar-refractivity contribution >= 4 is 0 Å². The lowest BCUT2D eigenvalue weighted by atomic mass is 10.3. The van der Waals surface area contributed by atoms with Gasteiger partial charge in [0.25, 0.3) is 0 Å². The molecule has 1 rings (SSSR count). The first-order chi connectivity index (χ1) is 4.43. The predicted octanol–water partition coefficient (Wildman–Crippen LogP) is 1.60. The van der Waals surface area contributed by atoms with Crippen LogP contribution < -0.4 is 5.32 Å². The third kappa shape index (κ3) is 3.52. The van der Waals surface area contributed by atoms with Crippen molar-refractivity contribution in [2.24, 2.45) is 5.92 Å². The number of nitrogens with one attached hydrogen (secondary N) is 1. The molecule has 0 amide bonds. The van der Waals surface area contributed by atoms with Crippen LogP contribution in [-0.4, -0.2) is 13.1 Å². The minimum absolute atomic E-state index is 1.02. The summed E-state index contributed by atoms with van der Waals surface area (Å²) in [5.74, 6) is 1.07. The molecule has 53 valence electrons. The third-order valence-corrected chi connectivity index (χ3v) is 1.78. The third-order valence-electron chi connectivity index (χ3n) is 1.78. The zero-order chi connectivity index (χ0) is 6.53. The smallest absolute Gasteiger partial charge is 0.00463 e. The van der Waals surface area contributed by atoms with E-state index in [1.54, 1.807) is 0 Å². The van der Waals surface area contributed by atoms with E-state index in [0.717, 1.165) is 18.9 Å². The summed E-state index contributed by atoms with van der Waals surface area (Å²) in [6, 6.07) is 0. The van der Waals surface area contributed by atoms with Gasteiger partial charge in [-0.15, -0.1) is 0 Å². The second kappa shape index (κ2) is 3.89. The van der Waals surface area contributed by atoms with E-state index < -0.39 is 0 Å². The Morgan fingerprint density at radius 3 is 2.67 bits per heavy atom. The fourth-order valence-corrected chi connectivity index (χ4v) is 0.963. The van der Waals surface area contributed by atoms with Crippen LogP contribution in [-0.2, 0) is 0 Å². The largest absolute Gasteiger partial charge is 0.317 e. The van der Waals surface area contributed by atoms with Gasteiger partial charge >= 0.3 is 0 Å². The quantitative estimate of drug-likeness (QED) is 0.552. The Morgan fingerprint density at radius 2 is 2.11 bits per heavy atom. The van der Waals surface area contributed by atoms with Crippen LogP contribution in [0.2, 0.25) is 0 Å². The van der Waals surface area contributed by atoms with E-state index in [1.165, 1.54) is 25.8 Å². The van der Waals surface area contributed by atoms with Gasteiger partial charge in [0.15, 0.2) is 0 Å². The molecule has 1 aliphatic carbocycles. The normalized spacial score (nSPS) is 18.3. The van der Waals surface area contributed by atoms with Gasteiger partial charge in [-0.1, -0.05) is 19.8 Å². The Balaban J connectivity index is 1.71. The molecule has 0 atom stereocenters. The summed E-state index contributed by atoms with van der Waals surface area (Å²) in [7, 11) is 0. The lowest BCUT2D eigenvalue weighted by Crippen LogP contribution is -2.16. The lowest BCUT2D eigenvalue weighted by Gasteiger charge is -1.99. The van der Waals surface area contributed by atoms with Gasteiger partial charge < -0.3 is 5.32 Å². The molecule has 0 unspecified atom stereocenters. The van der Waals surface area contributed by atoms with Gasteiger partial charge in [0.05, 0.1) is 0 Å². The molecular weight excluding hydrogens is 110 g/mol. The van der Waals surface area contributed by atoms with E-state index in [9.17, 15) is 0 Å². The van der Waals surface area contributed by atoms with Crippen LogP contribution >= 0.6 is 0 Å². The highest BCUT2D eigenvalue weighted by molar-refractivity contribution is 4.73. The van der Waals surface area contributed by atoms with Crippen LogP contribution in [0, 0.1) is 12.8 Å². The van der Waals surface area contributed by atoms with Crippen LogP contribution in [0.5, 0.6) is 0 Å². The van der Waals surface area contributed by atoms with Crippen LogP contribution in [0.25, 0.3) is 0 Å². The molecule has 0 aromatic carbocycles. The molecule has 1 saturated carbocycles. The van der Waals surface area contributed by atoms with Crippen LogP contribution in [0.15, 0.2) is 0 Å². The van der Waals surface area contributed by atoms with E-state index in [2.05, 4.69) is 12.2 Å². The summed E-state index contributed by atoms with van der Waals surface area (Å²) in [6.07, 6.45) is 5.36. The fraction of sp³-hybridized carbons (Fsp3) is 0.875. The Kier molecular flexibility index (Phi) is 3.05. The van der Waals surface area contributed by atoms with Crippen molar-refractivity contribution in [3.05, 3.63) is 6.92 Å². The minimum Gasteiger partial charge on any atom is -0.317 e. The second-order valence-electron chi connectivity index (χ2n) is 2.84. The maximum Gasteiger partial charge on any atom is -0.00463 e. The Bertz CT molecular complexity index is 67.0. The summed E-state index contributed by atoms with van der Waals surface area (Å²) in [4.78, 5) is 0. The molecule has 0 spiro atoms. The van der Waals surface area contributed by atoms with Gasteiger partial charge in [0.2, 0.25) is 0 Å². The topological polar surface area (TPSA) is 12.0 Å². The standard InChI is InChI=1S/C8H16N/c1-2-6-9-7-5-8-3-4-8/h8-9H,1-7H2. The van der Waals surface area contributed by atoms with Gasteiger partial charge in [0, 0.05) is 0 Å². The fourth-order valence-electron chi connectivity index (χ4n) is 0.963. The molecule has 1 aliphatic rings. The summed E-state index contributed by atoms with van der Waals surface area (Å²) < 4.78 is 0. The van der Waals surface area contributed by atoms with Crippen molar-refractivity contribution < 1.29 is 0 Å². The van der Waals surface area contributed by atoms with E-state index in [0.29, 0.717) is 0 Å². The summed E-state index contributed by atoms with van der Waals surface area (Å²) in [5.41, 5.74) is 0. The number of hydrogen-bond acceptors (Lipinski definition) is 1. The first kappa shape index (κ1) is 7.07. The van der Waals surface area contributed by atoms with Gasteiger partial charge in [-0.05, 0) is 31.8 Å². The molecule has 1 radical (unpaired) electrons. The highest BCUT2D eigenvalue weighted by atomic mass is 14.8. The van der Waals surface area contributed by atoms with Crippen LogP contribution in [0.3, 0.4) is 0 Å². The molecule has 0 aliphatic heterocycles. The molecule has 1 heteroatoms. The van der Waals surface area contributed by atoms with E-state index >= 15 is 0 Å². The number of rotatable bonds is 5. The summed E-state index contributed by atoms with van der Waals surface area (Å²) in [6.45, 7) is 6.05. The van der Waals surface area contributed by atoms with Crippen molar-refractivity contribution in [2.45, 2.75) is 25.7 Å². The van der Waals surface area contributed by atoms with Gasteiger partial charge in [-0.2, -0.15) is 0 Å². The average molecular weight is 126 g/mol.